The Balaban J connectivity index is 1.38. The van der Waals surface area contributed by atoms with Gasteiger partial charge in [0.15, 0.2) is 0 Å². The molecule has 34 heavy (non-hydrogen) atoms. The van der Waals surface area contributed by atoms with E-state index >= 15 is 0 Å². The van der Waals surface area contributed by atoms with Crippen molar-refractivity contribution in [1.82, 2.24) is 19.9 Å². The summed E-state index contributed by atoms with van der Waals surface area (Å²) in [5.41, 5.74) is 3.67. The summed E-state index contributed by atoms with van der Waals surface area (Å²) < 4.78 is 28.3. The van der Waals surface area contributed by atoms with E-state index in [9.17, 15) is 13.2 Å². The number of amides is 2. The van der Waals surface area contributed by atoms with Crippen molar-refractivity contribution in [2.75, 3.05) is 36.8 Å². The van der Waals surface area contributed by atoms with Crippen LogP contribution in [0.1, 0.15) is 36.7 Å². The lowest BCUT2D eigenvalue weighted by Gasteiger charge is -2.32. The summed E-state index contributed by atoms with van der Waals surface area (Å²) >= 11 is 3.40. The summed E-state index contributed by atoms with van der Waals surface area (Å²) in [4.78, 5) is 19.2. The van der Waals surface area contributed by atoms with Gasteiger partial charge >= 0.3 is 6.03 Å². The molecule has 0 bridgehead atoms. The van der Waals surface area contributed by atoms with Crippen LogP contribution in [0.3, 0.4) is 0 Å². The number of piperidine rings is 1. The number of pyridine rings is 1. The second kappa shape index (κ2) is 12.6. The number of rotatable bonds is 10. The number of sulfonamides is 1. The van der Waals surface area contributed by atoms with Crippen LogP contribution in [0, 0.1) is 6.92 Å². The molecule has 2 amide bonds. The van der Waals surface area contributed by atoms with E-state index in [1.807, 2.05) is 38.1 Å². The monoisotopic (exact) mass is 551 g/mol. The van der Waals surface area contributed by atoms with Crippen molar-refractivity contribution < 1.29 is 13.2 Å². The van der Waals surface area contributed by atoms with E-state index in [1.54, 1.807) is 12.1 Å². The number of carbonyl (C=O) groups is 1. The summed E-state index contributed by atoms with van der Waals surface area (Å²) in [6.45, 7) is 6.75. The first-order chi connectivity index (χ1) is 16.3. The van der Waals surface area contributed by atoms with Gasteiger partial charge in [0.1, 0.15) is 0 Å². The van der Waals surface area contributed by atoms with E-state index < -0.39 is 10.0 Å². The summed E-state index contributed by atoms with van der Waals surface area (Å²) in [7, 11) is -3.53. The molecule has 0 saturated carbocycles. The maximum atomic E-state index is 12.7. The number of hydrogen-bond donors (Lipinski definition) is 3. The highest BCUT2D eigenvalue weighted by Crippen LogP contribution is 2.16. The normalized spacial score (nSPS) is 15.3. The van der Waals surface area contributed by atoms with Crippen molar-refractivity contribution in [3.63, 3.8) is 0 Å². The Morgan fingerprint density at radius 2 is 1.88 bits per heavy atom. The van der Waals surface area contributed by atoms with Crippen LogP contribution in [0.4, 0.5) is 10.5 Å². The van der Waals surface area contributed by atoms with Gasteiger partial charge in [-0.3, -0.25) is 4.98 Å². The van der Waals surface area contributed by atoms with Gasteiger partial charge in [-0.05, 0) is 75.5 Å². The number of carbonyl (C=O) groups excluding carboxylic acids is 1. The molecule has 1 aromatic heterocycles. The minimum absolute atomic E-state index is 0.0811. The Labute approximate surface area is 211 Å². The van der Waals surface area contributed by atoms with Crippen molar-refractivity contribution in [1.29, 1.82) is 0 Å². The van der Waals surface area contributed by atoms with Crippen molar-refractivity contribution in [3.05, 3.63) is 53.3 Å². The largest absolute Gasteiger partial charge is 0.337 e. The van der Waals surface area contributed by atoms with Gasteiger partial charge in [-0.25, -0.2) is 17.9 Å². The Kier molecular flexibility index (Phi) is 9.87. The topological polar surface area (TPSA) is 103 Å². The van der Waals surface area contributed by atoms with E-state index in [0.717, 1.165) is 73.3 Å². The smallest absolute Gasteiger partial charge is 0.319 e. The number of aromatic nitrogens is 1. The molecule has 1 fully saturated rings. The molecule has 3 N–H and O–H groups in total. The molecular weight excluding hydrogens is 518 g/mol. The van der Waals surface area contributed by atoms with E-state index in [2.05, 4.69) is 41.2 Å². The summed E-state index contributed by atoms with van der Waals surface area (Å²) in [5.74, 6) is 0. The molecular formula is C24H34BrN5O3S. The molecule has 1 aliphatic heterocycles. The first-order valence-electron chi connectivity index (χ1n) is 11.7. The molecule has 8 nitrogen and oxygen atoms in total. The number of nitrogens with one attached hydrogen (secondary N) is 3. The van der Waals surface area contributed by atoms with Crippen molar-refractivity contribution in [2.45, 2.75) is 50.5 Å². The van der Waals surface area contributed by atoms with Crippen LogP contribution in [0.25, 0.3) is 0 Å². The highest BCUT2D eigenvalue weighted by Gasteiger charge is 2.24. The number of aryl methyl sites for hydroxylation is 3. The Morgan fingerprint density at radius 3 is 2.53 bits per heavy atom. The van der Waals surface area contributed by atoms with Gasteiger partial charge in [-0.15, -0.1) is 0 Å². The van der Waals surface area contributed by atoms with Crippen LogP contribution in [0.5, 0.6) is 0 Å². The number of nitrogens with zero attached hydrogens (tertiary/aromatic N) is 2. The number of urea groups is 1. The average Bonchev–Trinajstić information content (AvgIpc) is 2.80. The lowest BCUT2D eigenvalue weighted by molar-refractivity contribution is 0.206. The van der Waals surface area contributed by atoms with E-state index in [1.165, 1.54) is 0 Å². The van der Waals surface area contributed by atoms with Gasteiger partial charge in [0, 0.05) is 41.5 Å². The van der Waals surface area contributed by atoms with Crippen LogP contribution >= 0.6 is 15.9 Å². The summed E-state index contributed by atoms with van der Waals surface area (Å²) in [5, 5.41) is 6.61. The number of alkyl halides is 1. The molecule has 0 aliphatic carbocycles. The molecule has 1 saturated heterocycles. The highest BCUT2D eigenvalue weighted by atomic mass is 79.9. The highest BCUT2D eigenvalue weighted by molar-refractivity contribution is 9.09. The zero-order valence-electron chi connectivity index (χ0n) is 19.8. The van der Waals surface area contributed by atoms with E-state index in [4.69, 9.17) is 0 Å². The fourth-order valence-corrected chi connectivity index (χ4v) is 5.76. The third-order valence-corrected chi connectivity index (χ3v) is 7.80. The minimum atomic E-state index is -3.53. The van der Waals surface area contributed by atoms with Crippen LogP contribution < -0.4 is 15.4 Å². The second-order valence-electron chi connectivity index (χ2n) is 8.54. The number of halogens is 1. The molecule has 0 atom stereocenters. The predicted octanol–water partition coefficient (Wildman–Crippen LogP) is 3.45. The molecule has 0 spiro atoms. The number of anilines is 1. The van der Waals surface area contributed by atoms with E-state index in [0.29, 0.717) is 11.4 Å². The molecule has 10 heteroatoms. The zero-order chi connectivity index (χ0) is 24.6. The Hall–Kier alpha value is -2.01. The van der Waals surface area contributed by atoms with Gasteiger partial charge in [0.2, 0.25) is 10.0 Å². The van der Waals surface area contributed by atoms with Crippen molar-refractivity contribution in [2.24, 2.45) is 0 Å². The van der Waals surface area contributed by atoms with Crippen molar-refractivity contribution >= 4 is 37.7 Å². The van der Waals surface area contributed by atoms with Crippen LogP contribution in [-0.2, 0) is 22.9 Å². The number of hydrogen-bond acceptors (Lipinski definition) is 5. The third kappa shape index (κ3) is 8.04. The molecule has 186 valence electrons. The SMILES string of the molecule is CCc1cc(NC(=O)NCCN2CCC(NS(=O)(=O)c3ccc(CCBr)cc3)CC2)cc(C)n1. The fraction of sp³-hybridized carbons (Fsp3) is 0.500. The average molecular weight is 553 g/mol. The molecule has 0 radical (unpaired) electrons. The van der Waals surface area contributed by atoms with Gasteiger partial charge in [0.25, 0.3) is 0 Å². The summed E-state index contributed by atoms with van der Waals surface area (Å²) in [6, 6.07) is 10.5. The maximum Gasteiger partial charge on any atom is 0.319 e. The molecule has 0 unspecified atom stereocenters. The Bertz CT molecular complexity index is 1050. The molecule has 1 aromatic carbocycles. The second-order valence-corrected chi connectivity index (χ2v) is 11.1. The van der Waals surface area contributed by atoms with Gasteiger partial charge in [0.05, 0.1) is 4.90 Å². The minimum Gasteiger partial charge on any atom is -0.337 e. The quantitative estimate of drug-likeness (QED) is 0.392. The van der Waals surface area contributed by atoms with Crippen molar-refractivity contribution in [3.8, 4) is 0 Å². The lowest BCUT2D eigenvalue weighted by Crippen LogP contribution is -2.46. The zero-order valence-corrected chi connectivity index (χ0v) is 22.2. The van der Waals surface area contributed by atoms with Crippen LogP contribution in [0.15, 0.2) is 41.3 Å². The first-order valence-corrected chi connectivity index (χ1v) is 14.3. The lowest BCUT2D eigenvalue weighted by atomic mass is 10.1. The maximum absolute atomic E-state index is 12.7. The van der Waals surface area contributed by atoms with E-state index in [-0.39, 0.29) is 12.1 Å². The van der Waals surface area contributed by atoms with Gasteiger partial charge in [-0.1, -0.05) is 35.0 Å². The third-order valence-electron chi connectivity index (χ3n) is 5.87. The standard InChI is InChI=1S/C24H34BrN5O3S/c1-3-20-17-22(16-18(2)27-20)28-24(31)26-12-15-30-13-9-21(10-14-30)29-34(32,33)23-6-4-19(5-7-23)8-11-25/h4-7,16-17,21,29H,3,8-15H2,1-2H3,(H2,26,27,28,31). The number of likely N-dealkylation sites (tertiary alicyclic amines) is 1. The fourth-order valence-electron chi connectivity index (χ4n) is 4.00. The van der Waals surface area contributed by atoms with Gasteiger partial charge < -0.3 is 15.5 Å². The number of benzene rings is 1. The molecule has 1 aliphatic rings. The Morgan fingerprint density at radius 1 is 1.18 bits per heavy atom. The molecule has 3 rings (SSSR count). The molecule has 2 aromatic rings. The van der Waals surface area contributed by atoms with Crippen LogP contribution in [0.2, 0.25) is 0 Å². The van der Waals surface area contributed by atoms with Crippen LogP contribution in [-0.4, -0.2) is 61.9 Å². The first kappa shape index (κ1) is 26.6. The van der Waals surface area contributed by atoms with Gasteiger partial charge in [-0.2, -0.15) is 0 Å². The summed E-state index contributed by atoms with van der Waals surface area (Å²) in [6.07, 6.45) is 3.16. The molecule has 2 heterocycles. The predicted molar refractivity (Wildman–Crippen MR) is 139 cm³/mol.